The van der Waals surface area contributed by atoms with Crippen molar-refractivity contribution in [3.8, 4) is 0 Å². The molecule has 0 atom stereocenters. The van der Waals surface area contributed by atoms with Crippen LogP contribution in [0.3, 0.4) is 0 Å². The van der Waals surface area contributed by atoms with E-state index in [1.807, 2.05) is 31.9 Å². The Morgan fingerprint density at radius 3 is 2.79 bits per heavy atom. The van der Waals surface area contributed by atoms with Gasteiger partial charge in [0.05, 0.1) is 17.0 Å². The highest BCUT2D eigenvalue weighted by Crippen LogP contribution is 2.27. The van der Waals surface area contributed by atoms with E-state index in [-0.39, 0.29) is 17.6 Å². The van der Waals surface area contributed by atoms with Crippen molar-refractivity contribution < 1.29 is 14.0 Å². The first-order chi connectivity index (χ1) is 13.9. The number of nitrogens with one attached hydrogen (secondary N) is 1. The minimum absolute atomic E-state index is 0.0204. The van der Waals surface area contributed by atoms with E-state index in [0.29, 0.717) is 24.5 Å². The van der Waals surface area contributed by atoms with Gasteiger partial charge >= 0.3 is 0 Å². The first-order valence-electron chi connectivity index (χ1n) is 9.45. The van der Waals surface area contributed by atoms with E-state index < -0.39 is 0 Å². The molecule has 2 amide bonds. The molecule has 0 aliphatic carbocycles. The Morgan fingerprint density at radius 2 is 2.10 bits per heavy atom. The molecule has 3 aromatic heterocycles. The van der Waals surface area contributed by atoms with E-state index in [1.165, 1.54) is 23.2 Å². The van der Waals surface area contributed by atoms with E-state index in [0.717, 1.165) is 33.9 Å². The van der Waals surface area contributed by atoms with Gasteiger partial charge in [-0.2, -0.15) is 0 Å². The second-order valence-corrected chi connectivity index (χ2v) is 8.31. The van der Waals surface area contributed by atoms with Crippen LogP contribution >= 0.6 is 11.3 Å². The maximum atomic E-state index is 13.0. The summed E-state index contributed by atoms with van der Waals surface area (Å²) in [5.74, 6) is 0.0510. The van der Waals surface area contributed by atoms with Crippen molar-refractivity contribution in [3.63, 3.8) is 0 Å². The van der Waals surface area contributed by atoms with Gasteiger partial charge in [0.25, 0.3) is 11.8 Å². The van der Waals surface area contributed by atoms with Crippen LogP contribution in [0.5, 0.6) is 0 Å². The second kappa shape index (κ2) is 7.79. The van der Waals surface area contributed by atoms with Crippen molar-refractivity contribution in [3.05, 3.63) is 68.3 Å². The smallest absolute Gasteiger partial charge is 0.287 e. The zero-order valence-electron chi connectivity index (χ0n) is 16.6. The van der Waals surface area contributed by atoms with Gasteiger partial charge in [0, 0.05) is 31.5 Å². The molecule has 3 aromatic rings. The van der Waals surface area contributed by atoms with Crippen molar-refractivity contribution >= 4 is 23.2 Å². The number of carbonyl (C=O) groups excluding carboxylic acids is 2. The molecule has 0 radical (unpaired) electrons. The Kier molecular flexibility index (Phi) is 5.19. The topological polar surface area (TPSA) is 88.3 Å². The molecular formula is C21H22N4O3S. The first kappa shape index (κ1) is 19.3. The Balaban J connectivity index is 1.52. The second-order valence-electron chi connectivity index (χ2n) is 7.11. The lowest BCUT2D eigenvalue weighted by molar-refractivity contribution is 0.0738. The third-order valence-electron chi connectivity index (χ3n) is 5.15. The molecular weight excluding hydrogens is 388 g/mol. The lowest BCUT2D eigenvalue weighted by atomic mass is 9.94. The quantitative estimate of drug-likeness (QED) is 0.714. The average molecular weight is 410 g/mol. The van der Waals surface area contributed by atoms with Crippen LogP contribution in [0.2, 0.25) is 0 Å². The van der Waals surface area contributed by atoms with Gasteiger partial charge in [-0.15, -0.1) is 11.3 Å². The van der Waals surface area contributed by atoms with E-state index >= 15 is 0 Å². The number of amides is 2. The summed E-state index contributed by atoms with van der Waals surface area (Å²) in [6, 6.07) is 3.32. The number of aryl methyl sites for hydroxylation is 3. The van der Waals surface area contributed by atoms with Crippen LogP contribution in [0.25, 0.3) is 0 Å². The number of hydrogen-bond acceptors (Lipinski definition) is 6. The Bertz CT molecular complexity index is 1070. The molecule has 0 aromatic carbocycles. The SMILES string of the molecule is Cc1nc(C)c(C(=O)N2CCc3c(cnc(C)c3CNC(=O)c3ccco3)C2)s1. The summed E-state index contributed by atoms with van der Waals surface area (Å²) < 4.78 is 5.14. The number of pyridine rings is 1. The zero-order chi connectivity index (χ0) is 20.5. The highest BCUT2D eigenvalue weighted by atomic mass is 32.1. The van der Waals surface area contributed by atoms with E-state index in [2.05, 4.69) is 15.3 Å². The number of rotatable bonds is 4. The molecule has 0 spiro atoms. The number of nitrogens with zero attached hydrogens (tertiary/aromatic N) is 3. The Morgan fingerprint density at radius 1 is 1.28 bits per heavy atom. The van der Waals surface area contributed by atoms with Crippen molar-refractivity contribution in [2.45, 2.75) is 40.3 Å². The fraction of sp³-hybridized carbons (Fsp3) is 0.333. The predicted molar refractivity (Wildman–Crippen MR) is 109 cm³/mol. The third kappa shape index (κ3) is 3.80. The summed E-state index contributed by atoms with van der Waals surface area (Å²) in [7, 11) is 0. The summed E-state index contributed by atoms with van der Waals surface area (Å²) >= 11 is 1.44. The summed E-state index contributed by atoms with van der Waals surface area (Å²) in [5.41, 5.74) is 4.87. The molecule has 150 valence electrons. The number of carbonyl (C=O) groups is 2. The van der Waals surface area contributed by atoms with Crippen LogP contribution in [0.15, 0.2) is 29.0 Å². The van der Waals surface area contributed by atoms with E-state index in [1.54, 1.807) is 12.1 Å². The summed E-state index contributed by atoms with van der Waals surface area (Å²) in [4.78, 5) is 36.6. The predicted octanol–water partition coefficient (Wildman–Crippen LogP) is 3.18. The maximum Gasteiger partial charge on any atom is 0.287 e. The highest BCUT2D eigenvalue weighted by Gasteiger charge is 2.27. The molecule has 4 heterocycles. The molecule has 0 bridgehead atoms. The number of aromatic nitrogens is 2. The van der Waals surface area contributed by atoms with Crippen LogP contribution in [0, 0.1) is 20.8 Å². The van der Waals surface area contributed by atoms with Gasteiger partial charge in [0.1, 0.15) is 4.88 Å². The standard InChI is InChI=1S/C21H22N4O3S/c1-12-17(10-23-20(26)18-5-4-8-28-18)16-6-7-25(11-15(16)9-22-12)21(27)19-13(2)24-14(3)29-19/h4-5,8-9H,6-7,10-11H2,1-3H3,(H,23,26). The molecule has 0 saturated carbocycles. The van der Waals surface area contributed by atoms with Crippen LogP contribution < -0.4 is 5.32 Å². The lowest BCUT2D eigenvalue weighted by Gasteiger charge is -2.30. The summed E-state index contributed by atoms with van der Waals surface area (Å²) in [5, 5.41) is 3.80. The van der Waals surface area contributed by atoms with Gasteiger partial charge in [-0.3, -0.25) is 14.6 Å². The molecule has 1 N–H and O–H groups in total. The molecule has 0 saturated heterocycles. The van der Waals surface area contributed by atoms with E-state index in [9.17, 15) is 9.59 Å². The monoisotopic (exact) mass is 410 g/mol. The fourth-order valence-corrected chi connectivity index (χ4v) is 4.55. The Hall–Kier alpha value is -3.00. The van der Waals surface area contributed by atoms with Gasteiger partial charge < -0.3 is 14.6 Å². The third-order valence-corrected chi connectivity index (χ3v) is 6.21. The van der Waals surface area contributed by atoms with Crippen LogP contribution in [0.4, 0.5) is 0 Å². The molecule has 4 rings (SSSR count). The minimum Gasteiger partial charge on any atom is -0.459 e. The van der Waals surface area contributed by atoms with Gasteiger partial charge in [0.2, 0.25) is 0 Å². The number of furan rings is 1. The number of thiazole rings is 1. The van der Waals surface area contributed by atoms with Crippen molar-refractivity contribution in [2.75, 3.05) is 6.54 Å². The van der Waals surface area contributed by atoms with Crippen LogP contribution in [-0.4, -0.2) is 33.2 Å². The van der Waals surface area contributed by atoms with Crippen molar-refractivity contribution in [2.24, 2.45) is 0 Å². The lowest BCUT2D eigenvalue weighted by Crippen LogP contribution is -2.37. The van der Waals surface area contributed by atoms with Crippen molar-refractivity contribution in [1.29, 1.82) is 0 Å². The molecule has 29 heavy (non-hydrogen) atoms. The highest BCUT2D eigenvalue weighted by molar-refractivity contribution is 7.13. The van der Waals surface area contributed by atoms with Gasteiger partial charge in [-0.1, -0.05) is 0 Å². The summed E-state index contributed by atoms with van der Waals surface area (Å²) in [6.07, 6.45) is 4.05. The molecule has 7 nitrogen and oxygen atoms in total. The van der Waals surface area contributed by atoms with Gasteiger partial charge in [-0.25, -0.2) is 4.98 Å². The molecule has 1 aliphatic rings. The molecule has 8 heteroatoms. The van der Waals surface area contributed by atoms with Crippen LogP contribution in [-0.2, 0) is 19.5 Å². The first-order valence-corrected chi connectivity index (χ1v) is 10.3. The van der Waals surface area contributed by atoms with Gasteiger partial charge in [0.15, 0.2) is 5.76 Å². The number of hydrogen-bond donors (Lipinski definition) is 1. The minimum atomic E-state index is -0.254. The normalized spacial score (nSPS) is 13.3. The van der Waals surface area contributed by atoms with E-state index in [4.69, 9.17) is 4.42 Å². The fourth-order valence-electron chi connectivity index (χ4n) is 3.67. The van der Waals surface area contributed by atoms with Gasteiger partial charge in [-0.05, 0) is 56.0 Å². The van der Waals surface area contributed by atoms with Crippen molar-refractivity contribution in [1.82, 2.24) is 20.2 Å². The Labute approximate surface area is 172 Å². The largest absolute Gasteiger partial charge is 0.459 e. The average Bonchev–Trinajstić information content (AvgIpc) is 3.35. The molecule has 0 fully saturated rings. The zero-order valence-corrected chi connectivity index (χ0v) is 17.4. The maximum absolute atomic E-state index is 13.0. The molecule has 0 unspecified atom stereocenters. The summed E-state index contributed by atoms with van der Waals surface area (Å²) in [6.45, 7) is 7.25. The van der Waals surface area contributed by atoms with Crippen LogP contribution in [0.1, 0.15) is 53.3 Å². The molecule has 1 aliphatic heterocycles. The number of fused-ring (bicyclic) bond motifs is 1.